The maximum atomic E-state index is 12.3. The van der Waals surface area contributed by atoms with E-state index in [4.69, 9.17) is 81.5 Å². The standard InChI is InChI=1S/C31H27Cl2N3O3S.C31H28Cl2N2O5S/c1-34-20-7-8-24-25(11-20)40-29(35-24)31(37)18-9-16-10-19(31)14-30(12-16,13-18)38-15-21-27(36-39-28(21)17-5-6-17)26-22(32)3-2-4-23(26)33;32-21-2-1-3-22(33)25(21)26-20(27(40-35-26)16-4-5-16)14-39-30-11-15-8-18(12-30)31(38,19(9-15)13-30)29-34-23-7-6-17(28(36)37)10-24(23)41-29/h2-4,7-8,11,16-19,37H,5-6,9-10,12-15H2;1-3,6-7,10,15-16,18-19,38H,4-5,8-9,11-14H2,(H,36,37)/t16?,18-,19+,30?,31?;15?,18-,19+,30?,31?. The van der Waals surface area contributed by atoms with Gasteiger partial charge in [-0.15, -0.1) is 22.7 Å². The third kappa shape index (κ3) is 8.82. The third-order valence-electron chi connectivity index (χ3n) is 19.6. The van der Waals surface area contributed by atoms with E-state index in [2.05, 4.69) is 15.2 Å². The Bertz CT molecular complexity index is 3840. The van der Waals surface area contributed by atoms with Crippen molar-refractivity contribution in [2.24, 2.45) is 35.5 Å². The number of ether oxygens (including phenoxy) is 2. The fourth-order valence-corrected chi connectivity index (χ4v) is 19.5. The molecular weight excluding hydrogens is 1150 g/mol. The van der Waals surface area contributed by atoms with Crippen molar-refractivity contribution in [1.29, 1.82) is 0 Å². The average Bonchev–Trinajstić information content (AvgIpc) is 3.60. The highest BCUT2D eigenvalue weighted by Gasteiger charge is 2.66. The number of rotatable bonds is 13. The van der Waals surface area contributed by atoms with E-state index in [1.165, 1.54) is 22.7 Å². The molecule has 416 valence electrons. The van der Waals surface area contributed by atoms with Crippen LogP contribution in [0.2, 0.25) is 20.1 Å². The minimum absolute atomic E-state index is 0.0242. The Morgan fingerprint density at radius 1 is 0.617 bits per heavy atom. The Morgan fingerprint density at radius 3 is 1.44 bits per heavy atom. The largest absolute Gasteiger partial charge is 0.478 e. The van der Waals surface area contributed by atoms with E-state index < -0.39 is 17.2 Å². The van der Waals surface area contributed by atoms with Crippen LogP contribution in [0, 0.1) is 42.1 Å². The summed E-state index contributed by atoms with van der Waals surface area (Å²) in [6.07, 6.45) is 13.2. The SMILES string of the molecule is O=C(O)c1ccc2nc(C3(O)[C@@H]4CC5C[C@H]3CC(OCc3c(-c6c(Cl)cccc6Cl)noc3C3CC3)(C5)C4)sc2c1.[C-]#[N+]c1ccc2nc(C3(O)[C@@H]4CC5C[C@H]3CC(OCc3c(-c6c(Cl)cccc6Cl)noc3C3CC3)(C5)C4)sc2c1. The number of hydrogen-bond acceptors (Lipinski definition) is 13. The van der Waals surface area contributed by atoms with Crippen molar-refractivity contribution in [1.82, 2.24) is 20.3 Å². The lowest BCUT2D eigenvalue weighted by molar-refractivity contribution is -0.250. The molecule has 4 aromatic heterocycles. The molecule has 10 saturated carbocycles. The second-order valence-corrected chi connectivity index (χ2v) is 28.3. The second-order valence-electron chi connectivity index (χ2n) is 24.6. The quantitative estimate of drug-likeness (QED) is 0.0932. The number of carboxylic acids is 1. The van der Waals surface area contributed by atoms with Gasteiger partial charge in [-0.25, -0.2) is 19.6 Å². The van der Waals surface area contributed by atoms with E-state index in [0.717, 1.165) is 138 Å². The third-order valence-corrected chi connectivity index (χ3v) is 23.1. The molecule has 0 amide bonds. The lowest BCUT2D eigenvalue weighted by Gasteiger charge is -2.62. The lowest BCUT2D eigenvalue weighted by atomic mass is 9.48. The molecule has 10 fully saturated rings. The van der Waals surface area contributed by atoms with Crippen LogP contribution in [0.3, 0.4) is 0 Å². The van der Waals surface area contributed by atoms with Crippen molar-refractivity contribution in [3.63, 3.8) is 0 Å². The summed E-state index contributed by atoms with van der Waals surface area (Å²) in [4.78, 5) is 24.8. The number of halogens is 4. The Hall–Kier alpha value is -4.96. The summed E-state index contributed by atoms with van der Waals surface area (Å²) in [5.41, 5.74) is 4.35. The van der Waals surface area contributed by atoms with Crippen LogP contribution in [0.25, 0.3) is 47.8 Å². The van der Waals surface area contributed by atoms with Gasteiger partial charge in [0.1, 0.15) is 44.1 Å². The first-order valence-electron chi connectivity index (χ1n) is 28.1. The van der Waals surface area contributed by atoms with Gasteiger partial charge in [0.2, 0.25) is 0 Å². The van der Waals surface area contributed by atoms with E-state index in [0.29, 0.717) is 90.2 Å². The zero-order valence-corrected chi connectivity index (χ0v) is 48.5. The zero-order valence-electron chi connectivity index (χ0n) is 43.8. The Labute approximate surface area is 494 Å². The minimum atomic E-state index is -1.04. The number of hydrogen-bond donors (Lipinski definition) is 3. The fraction of sp³-hybridized carbons (Fsp3) is 0.452. The Morgan fingerprint density at radius 2 is 1.04 bits per heavy atom. The van der Waals surface area contributed by atoms with Gasteiger partial charge in [0, 0.05) is 38.8 Å². The summed E-state index contributed by atoms with van der Waals surface area (Å²) in [6.45, 7) is 8.09. The summed E-state index contributed by atoms with van der Waals surface area (Å²) < 4.78 is 27.3. The molecule has 10 aliphatic carbocycles. The number of aromatic nitrogens is 4. The molecule has 0 aliphatic heterocycles. The number of carboxylic acid groups (broad SMARTS) is 1. The van der Waals surface area contributed by atoms with E-state index in [1.807, 2.05) is 48.5 Å². The lowest BCUT2D eigenvalue weighted by Crippen LogP contribution is -2.62. The van der Waals surface area contributed by atoms with Crippen LogP contribution in [-0.4, -0.2) is 52.8 Å². The van der Waals surface area contributed by atoms with Crippen molar-refractivity contribution in [2.75, 3.05) is 0 Å². The molecule has 6 unspecified atom stereocenters. The molecule has 18 rings (SSSR count). The Kier molecular flexibility index (Phi) is 12.8. The number of thiazole rings is 2. The first-order chi connectivity index (χ1) is 39.1. The highest BCUT2D eigenvalue weighted by molar-refractivity contribution is 7.19. The summed E-state index contributed by atoms with van der Waals surface area (Å²) in [6, 6.07) is 21.5. The van der Waals surface area contributed by atoms with Gasteiger partial charge in [-0.2, -0.15) is 0 Å². The Balaban J connectivity index is 0.000000139. The van der Waals surface area contributed by atoms with Crippen molar-refractivity contribution in [3.05, 3.63) is 143 Å². The summed E-state index contributed by atoms with van der Waals surface area (Å²) >= 11 is 29.3. The van der Waals surface area contributed by atoms with Crippen molar-refractivity contribution >= 4 is 101 Å². The van der Waals surface area contributed by atoms with Gasteiger partial charge in [0.15, 0.2) is 5.69 Å². The van der Waals surface area contributed by atoms with Gasteiger partial charge < -0.3 is 33.8 Å². The normalized spacial score (nSPS) is 30.5. The highest BCUT2D eigenvalue weighted by Crippen LogP contribution is 2.67. The summed E-state index contributed by atoms with van der Waals surface area (Å²) in [5, 5.41) is 46.5. The fourth-order valence-electron chi connectivity index (χ4n) is 15.8. The number of benzene rings is 4. The van der Waals surface area contributed by atoms with E-state index in [1.54, 1.807) is 24.3 Å². The molecule has 4 heterocycles. The predicted octanol–water partition coefficient (Wildman–Crippen LogP) is 16.5. The van der Waals surface area contributed by atoms with Crippen LogP contribution in [-0.2, 0) is 33.9 Å². The van der Waals surface area contributed by atoms with Crippen LogP contribution in [0.4, 0.5) is 5.69 Å². The number of nitrogens with zero attached hydrogens (tertiary/aromatic N) is 5. The molecule has 81 heavy (non-hydrogen) atoms. The average molecular weight is 1200 g/mol. The number of carbonyl (C=O) groups is 1. The molecule has 0 spiro atoms. The van der Waals surface area contributed by atoms with Crippen molar-refractivity contribution in [3.8, 4) is 22.5 Å². The molecule has 0 radical (unpaired) electrons. The van der Waals surface area contributed by atoms with Crippen LogP contribution in [0.5, 0.6) is 0 Å². The first kappa shape index (κ1) is 52.8. The van der Waals surface area contributed by atoms with Crippen LogP contribution >= 0.6 is 69.1 Å². The predicted molar refractivity (Wildman–Crippen MR) is 310 cm³/mol. The molecule has 3 N–H and O–H groups in total. The van der Waals surface area contributed by atoms with Gasteiger partial charge >= 0.3 is 5.97 Å². The number of aromatic carboxylic acids is 1. The topological polar surface area (TPSA) is 178 Å². The van der Waals surface area contributed by atoms with Crippen molar-refractivity contribution in [2.45, 2.75) is 137 Å². The van der Waals surface area contributed by atoms with E-state index in [-0.39, 0.29) is 40.4 Å². The molecule has 10 atom stereocenters. The molecule has 4 aromatic carbocycles. The minimum Gasteiger partial charge on any atom is -0.478 e. The second kappa shape index (κ2) is 19.6. The molecule has 8 aromatic rings. The maximum absolute atomic E-state index is 12.3. The molecule has 13 nitrogen and oxygen atoms in total. The van der Waals surface area contributed by atoms with Crippen LogP contribution < -0.4 is 0 Å². The molecule has 8 bridgehead atoms. The number of fused-ring (bicyclic) bond motifs is 2. The molecule has 0 saturated heterocycles. The highest BCUT2D eigenvalue weighted by atomic mass is 35.5. The van der Waals surface area contributed by atoms with Gasteiger partial charge in [0.25, 0.3) is 0 Å². The smallest absolute Gasteiger partial charge is 0.335 e. The van der Waals surface area contributed by atoms with Gasteiger partial charge in [-0.1, -0.05) is 74.9 Å². The zero-order chi connectivity index (χ0) is 55.3. The van der Waals surface area contributed by atoms with Crippen molar-refractivity contribution < 1.29 is 38.6 Å². The molecule has 19 heteroatoms. The van der Waals surface area contributed by atoms with E-state index in [9.17, 15) is 20.1 Å². The van der Waals surface area contributed by atoms with Crippen LogP contribution in [0.1, 0.15) is 145 Å². The van der Waals surface area contributed by atoms with Gasteiger partial charge in [0.05, 0.1) is 72.4 Å². The molecular formula is C62H55Cl4N5O8S2. The van der Waals surface area contributed by atoms with Gasteiger partial charge in [-0.05, 0) is 180 Å². The van der Waals surface area contributed by atoms with E-state index >= 15 is 0 Å². The maximum Gasteiger partial charge on any atom is 0.335 e. The monoisotopic (exact) mass is 1200 g/mol. The molecule has 10 aliphatic rings. The first-order valence-corrected chi connectivity index (χ1v) is 31.3. The summed E-state index contributed by atoms with van der Waals surface area (Å²) in [5.74, 6) is 2.74. The van der Waals surface area contributed by atoms with Gasteiger partial charge in [-0.3, -0.25) is 0 Å². The van der Waals surface area contributed by atoms with Crippen LogP contribution in [0.15, 0.2) is 81.8 Å². The number of aliphatic hydroxyl groups is 2. The summed E-state index contributed by atoms with van der Waals surface area (Å²) in [7, 11) is 0.